The molecule has 3 heterocycles. The van der Waals surface area contributed by atoms with Crippen LogP contribution in [0.15, 0.2) is 139 Å². The highest BCUT2D eigenvalue weighted by Crippen LogP contribution is 2.62. The number of aliphatic hydroxyl groups excluding tert-OH is 2. The van der Waals surface area contributed by atoms with Gasteiger partial charge in [-0.2, -0.15) is 0 Å². The van der Waals surface area contributed by atoms with E-state index in [1.54, 1.807) is 24.3 Å². The monoisotopic (exact) mass is 990 g/mol. The Labute approximate surface area is 427 Å². The molecule has 4 aliphatic rings. The van der Waals surface area contributed by atoms with Crippen LogP contribution in [0.2, 0.25) is 0 Å². The fourth-order valence-electron chi connectivity index (χ4n) is 11.4. The third-order valence-electron chi connectivity index (χ3n) is 14.8. The summed E-state index contributed by atoms with van der Waals surface area (Å²) < 4.78 is 27.4. The average molecular weight is 991 g/mol. The van der Waals surface area contributed by atoms with Gasteiger partial charge < -0.3 is 38.9 Å². The first-order valence-corrected chi connectivity index (χ1v) is 25.8. The molecule has 7 atom stereocenters. The maximum atomic E-state index is 15.5. The number of oxime groups is 1. The number of nitro benzene ring substituents is 1. The number of non-ortho nitro benzene ring substituents is 1. The Morgan fingerprint density at radius 1 is 0.973 bits per heavy atom. The summed E-state index contributed by atoms with van der Waals surface area (Å²) in [6.07, 6.45) is 13.8. The van der Waals surface area contributed by atoms with Gasteiger partial charge in [-0.25, -0.2) is 0 Å². The van der Waals surface area contributed by atoms with E-state index < -0.39 is 29.0 Å². The zero-order valence-corrected chi connectivity index (χ0v) is 41.6. The quantitative estimate of drug-likeness (QED) is 0.0222. The highest BCUT2D eigenvalue weighted by Gasteiger charge is 2.65. The third kappa shape index (κ3) is 11.6. The molecule has 73 heavy (non-hydrogen) atoms. The molecule has 1 aromatic heterocycles. The van der Waals surface area contributed by atoms with Crippen molar-refractivity contribution in [2.24, 2.45) is 22.9 Å². The predicted octanol–water partition coefficient (Wildman–Crippen LogP) is 10.9. The Kier molecular flexibility index (Phi) is 16.8. The van der Waals surface area contributed by atoms with Crippen LogP contribution in [0, 0.1) is 34.8 Å². The van der Waals surface area contributed by atoms with Gasteiger partial charge in [0, 0.05) is 68.0 Å². The molecule has 2 fully saturated rings. The fourth-order valence-corrected chi connectivity index (χ4v) is 11.4. The highest BCUT2D eigenvalue weighted by atomic mass is 16.8. The number of carbonyl (C=O) groups is 1. The van der Waals surface area contributed by atoms with Crippen LogP contribution in [-0.4, -0.2) is 81.2 Å². The van der Waals surface area contributed by atoms with Crippen molar-refractivity contribution in [1.29, 1.82) is 0 Å². The summed E-state index contributed by atoms with van der Waals surface area (Å²) in [6, 6.07) is 31.2. The lowest BCUT2D eigenvalue weighted by molar-refractivity contribution is -0.384. The standard InChI is InChI=1S/C59H66N4O10/c1-3-33-71-59-54(62(38-44-18-13-17-42-15-4-5-20-48(42)44)55(66)30-25-41-23-26-46(27-24-41)63(67)68)37-52(61-73-56-22-8-11-34-69-56)50-35-43(16-6-9-31-64)49(21-7-10-32-65)57(58(50)59)51-36-47(28-29-53(51)72-59)70-39-45-19-12-14-40(2)60-45/h3-5,12-15,17-20,23-30,35-36,43,49,54,56-58,64-65H,1,6-11,16,21-22,31-34,37-39H2,2H3. The normalized spacial score (nSPS) is 23.8. The maximum Gasteiger partial charge on any atom is 0.269 e. The second kappa shape index (κ2) is 23.9. The molecule has 1 saturated carbocycles. The van der Waals surface area contributed by atoms with Gasteiger partial charge in [0.1, 0.15) is 24.1 Å². The molecule has 14 heteroatoms. The Morgan fingerprint density at radius 3 is 2.53 bits per heavy atom. The molecule has 2 N–H and O–H groups in total. The smallest absolute Gasteiger partial charge is 0.269 e. The molecule has 5 aromatic rings. The number of nitrogens with zero attached hydrogens (tertiary/aromatic N) is 4. The lowest BCUT2D eigenvalue weighted by Gasteiger charge is -2.60. The number of fused-ring (bicyclic) bond motifs is 3. The third-order valence-corrected chi connectivity index (χ3v) is 14.8. The highest BCUT2D eigenvalue weighted by molar-refractivity contribution is 6.03. The minimum Gasteiger partial charge on any atom is -0.487 e. The molecule has 4 aromatic carbocycles. The van der Waals surface area contributed by atoms with Gasteiger partial charge >= 0.3 is 0 Å². The average Bonchev–Trinajstić information content (AvgIpc) is 3.41. The lowest BCUT2D eigenvalue weighted by atomic mass is 9.55. The van der Waals surface area contributed by atoms with Gasteiger partial charge in [0.2, 0.25) is 18.0 Å². The molecule has 0 spiro atoms. The molecule has 2 aliphatic heterocycles. The number of hydrogen-bond acceptors (Lipinski definition) is 12. The van der Waals surface area contributed by atoms with Crippen molar-refractivity contribution in [2.75, 3.05) is 26.4 Å². The number of hydrogen-bond donors (Lipinski definition) is 2. The number of rotatable bonds is 22. The number of aryl methyl sites for hydroxylation is 1. The van der Waals surface area contributed by atoms with Crippen molar-refractivity contribution in [3.63, 3.8) is 0 Å². The summed E-state index contributed by atoms with van der Waals surface area (Å²) in [6.45, 7) is 7.28. The second-order valence-corrected chi connectivity index (χ2v) is 19.5. The van der Waals surface area contributed by atoms with E-state index in [0.717, 1.165) is 77.4 Å². The van der Waals surface area contributed by atoms with E-state index in [0.29, 0.717) is 48.6 Å². The summed E-state index contributed by atoms with van der Waals surface area (Å²) in [5, 5.41) is 38.8. The first-order valence-electron chi connectivity index (χ1n) is 25.8. The molecule has 0 radical (unpaired) electrons. The SMILES string of the molecule is C=CCOC12Oc3ccc(OCc4cccc(C)n4)cc3C3C(CCCCO)C(CCCCO)C=C(C(=NOC4CCCCO4)CC1N(Cc1cccc4ccccc14)C(=O)C=Cc1ccc([N+](=O)[O-])cc1)C32. The first kappa shape index (κ1) is 51.2. The van der Waals surface area contributed by atoms with Crippen LogP contribution in [0.1, 0.15) is 98.2 Å². The van der Waals surface area contributed by atoms with Crippen molar-refractivity contribution in [3.8, 4) is 11.5 Å². The molecule has 2 aliphatic carbocycles. The van der Waals surface area contributed by atoms with Crippen LogP contribution < -0.4 is 9.47 Å². The second-order valence-electron chi connectivity index (χ2n) is 19.5. The van der Waals surface area contributed by atoms with Gasteiger partial charge in [-0.1, -0.05) is 78.7 Å². The molecule has 1 saturated heterocycles. The Morgan fingerprint density at radius 2 is 1.77 bits per heavy atom. The topological polar surface area (TPSA) is 175 Å². The summed E-state index contributed by atoms with van der Waals surface area (Å²) in [5.74, 6) is -1.44. The summed E-state index contributed by atoms with van der Waals surface area (Å²) in [4.78, 5) is 39.6. The number of nitro groups is 1. The van der Waals surface area contributed by atoms with Crippen LogP contribution in [0.5, 0.6) is 11.5 Å². The van der Waals surface area contributed by atoms with E-state index in [1.807, 2.05) is 66.4 Å². The number of ether oxygens (including phenoxy) is 4. The first-order chi connectivity index (χ1) is 35.7. The van der Waals surface area contributed by atoms with Crippen LogP contribution >= 0.6 is 0 Å². The number of unbranched alkanes of at least 4 members (excludes halogenated alkanes) is 2. The minimum atomic E-state index is -1.53. The van der Waals surface area contributed by atoms with Gasteiger partial charge in [-0.15, -0.1) is 6.58 Å². The van der Waals surface area contributed by atoms with Crippen molar-refractivity contribution in [3.05, 3.63) is 172 Å². The molecule has 1 amide bonds. The predicted molar refractivity (Wildman–Crippen MR) is 280 cm³/mol. The van der Waals surface area contributed by atoms with Crippen LogP contribution in [0.25, 0.3) is 16.8 Å². The molecular weight excluding hydrogens is 925 g/mol. The Balaban J connectivity index is 1.25. The van der Waals surface area contributed by atoms with E-state index >= 15 is 4.79 Å². The van der Waals surface area contributed by atoms with Crippen molar-refractivity contribution >= 4 is 34.2 Å². The van der Waals surface area contributed by atoms with Crippen molar-refractivity contribution < 1.29 is 43.7 Å². The molecule has 7 unspecified atom stereocenters. The lowest BCUT2D eigenvalue weighted by Crippen LogP contribution is -2.70. The molecule has 382 valence electrons. The number of aliphatic hydroxyl groups is 2. The minimum absolute atomic E-state index is 0.00566. The zero-order valence-electron chi connectivity index (χ0n) is 41.6. The van der Waals surface area contributed by atoms with Gasteiger partial charge in [0.15, 0.2) is 0 Å². The van der Waals surface area contributed by atoms with Gasteiger partial charge in [0.25, 0.3) is 5.69 Å². The summed E-state index contributed by atoms with van der Waals surface area (Å²) >= 11 is 0. The Bertz CT molecular complexity index is 2820. The Hall–Kier alpha value is -6.71. The number of pyridine rings is 1. The molecular formula is C59H66N4O10. The van der Waals surface area contributed by atoms with Gasteiger partial charge in [0.05, 0.1) is 35.5 Å². The maximum absolute atomic E-state index is 15.5. The molecule has 9 rings (SSSR count). The largest absolute Gasteiger partial charge is 0.487 e. The van der Waals surface area contributed by atoms with Gasteiger partial charge in [-0.05, 0) is 133 Å². The number of benzene rings is 4. The summed E-state index contributed by atoms with van der Waals surface area (Å²) in [5.41, 5.74) is 5.68. The van der Waals surface area contributed by atoms with E-state index in [-0.39, 0.29) is 68.7 Å². The van der Waals surface area contributed by atoms with E-state index in [2.05, 4.69) is 41.9 Å². The number of amides is 1. The van der Waals surface area contributed by atoms with Gasteiger partial charge in [-0.3, -0.25) is 19.9 Å². The van der Waals surface area contributed by atoms with E-state index in [9.17, 15) is 20.3 Å². The summed E-state index contributed by atoms with van der Waals surface area (Å²) in [7, 11) is 0. The van der Waals surface area contributed by atoms with Crippen molar-refractivity contribution in [2.45, 2.75) is 108 Å². The van der Waals surface area contributed by atoms with E-state index in [1.165, 1.54) is 18.2 Å². The number of carbonyl (C=O) groups excluding carboxylic acids is 1. The molecule has 0 bridgehead atoms. The zero-order chi connectivity index (χ0) is 50.7. The van der Waals surface area contributed by atoms with Crippen LogP contribution in [0.4, 0.5) is 5.69 Å². The van der Waals surface area contributed by atoms with Crippen LogP contribution in [-0.2, 0) is 32.3 Å². The van der Waals surface area contributed by atoms with E-state index in [4.69, 9.17) is 28.9 Å². The fraction of sp³-hybridized carbons (Fsp3) is 0.407. The number of aromatic nitrogens is 1. The number of allylic oxidation sites excluding steroid dienone is 1. The molecule has 14 nitrogen and oxygen atoms in total. The van der Waals surface area contributed by atoms with Crippen molar-refractivity contribution in [1.82, 2.24) is 9.88 Å². The van der Waals surface area contributed by atoms with Crippen LogP contribution in [0.3, 0.4) is 0 Å².